The number of nitrogens with two attached hydrogens (primary N) is 4. The second-order valence-corrected chi connectivity index (χ2v) is 15.3. The summed E-state index contributed by atoms with van der Waals surface area (Å²) in [5, 5.41) is 21.4. The predicted octanol–water partition coefficient (Wildman–Crippen LogP) is 1.71. The van der Waals surface area contributed by atoms with Crippen LogP contribution in [0.25, 0.3) is 0 Å². The molecule has 0 radical (unpaired) electrons. The SMILES string of the molecule is CCCCCCCCCCCCCCOP(=O)(CCN(CCCN=C(N)N)CCCN=C(N)N)OC[C@H]1O[C@@H](n2ccc(=O)[nH]c2=O)[C@H](O)[C@@H]1O. The summed E-state index contributed by atoms with van der Waals surface area (Å²) in [6.07, 6.45) is 11.3. The van der Waals surface area contributed by atoms with Crippen LogP contribution < -0.4 is 34.2 Å². The lowest BCUT2D eigenvalue weighted by Crippen LogP contribution is -2.37. The van der Waals surface area contributed by atoms with Crippen LogP contribution in [0.2, 0.25) is 0 Å². The van der Waals surface area contributed by atoms with Crippen LogP contribution in [-0.2, 0) is 18.3 Å². The summed E-state index contributed by atoms with van der Waals surface area (Å²) in [6, 6.07) is 1.10. The van der Waals surface area contributed by atoms with Gasteiger partial charge in [-0.2, -0.15) is 0 Å². The standard InChI is InChI=1S/C33H64N9O8P/c1-2-3-4-5-6-7-8-9-10-11-12-13-23-48-51(47,24-22-41(19-14-17-38-31(34)35)20-15-18-39-32(36)37)49-25-26-28(44)29(45)30(50-26)42-21-16-27(43)40-33(42)46/h16,21,26,28-30,44-45H,2-15,17-20,22-25H2,1H3,(H4,34,35,38)(H4,36,37,39)(H,40,43,46)/t26-,28-,29-,30-,51?/m1/s1. The summed E-state index contributed by atoms with van der Waals surface area (Å²) in [4.78, 5) is 36.1. The third-order valence-corrected chi connectivity index (χ3v) is 10.6. The number of nitrogens with one attached hydrogen (secondary N) is 1. The lowest BCUT2D eigenvalue weighted by Gasteiger charge is -2.26. The fraction of sp³-hybridized carbons (Fsp3) is 0.818. The van der Waals surface area contributed by atoms with Crippen molar-refractivity contribution in [3.8, 4) is 0 Å². The normalized spacial score (nSPS) is 20.0. The highest BCUT2D eigenvalue weighted by Crippen LogP contribution is 2.49. The van der Waals surface area contributed by atoms with Crippen molar-refractivity contribution in [3.63, 3.8) is 0 Å². The average molecular weight is 746 g/mol. The number of aliphatic hydroxyl groups excluding tert-OH is 2. The lowest BCUT2D eigenvalue weighted by molar-refractivity contribution is -0.0531. The molecular formula is C33H64N9O8P. The molecule has 18 heteroatoms. The lowest BCUT2D eigenvalue weighted by atomic mass is 10.1. The van der Waals surface area contributed by atoms with E-state index in [0.29, 0.717) is 52.0 Å². The van der Waals surface area contributed by atoms with Gasteiger partial charge in [-0.05, 0) is 32.4 Å². The van der Waals surface area contributed by atoms with E-state index in [0.717, 1.165) is 29.9 Å². The first-order valence-electron chi connectivity index (χ1n) is 18.5. The molecule has 0 amide bonds. The maximum atomic E-state index is 14.2. The quantitative estimate of drug-likeness (QED) is 0.0267. The number of hydrogen-bond acceptors (Lipinski definition) is 11. The van der Waals surface area contributed by atoms with E-state index in [4.69, 9.17) is 36.7 Å². The number of hydrogen-bond donors (Lipinski definition) is 7. The minimum Gasteiger partial charge on any atom is -0.387 e. The van der Waals surface area contributed by atoms with Gasteiger partial charge in [0.2, 0.25) is 0 Å². The van der Waals surface area contributed by atoms with Crippen LogP contribution in [0.1, 0.15) is 103 Å². The largest absolute Gasteiger partial charge is 0.387 e. The Hall–Kier alpha value is -2.79. The molecule has 2 heterocycles. The molecule has 5 atom stereocenters. The van der Waals surface area contributed by atoms with Gasteiger partial charge in [0.25, 0.3) is 5.56 Å². The van der Waals surface area contributed by atoms with Crippen molar-refractivity contribution in [1.29, 1.82) is 0 Å². The van der Waals surface area contributed by atoms with Crippen molar-refractivity contribution in [1.82, 2.24) is 14.5 Å². The molecular weight excluding hydrogens is 681 g/mol. The van der Waals surface area contributed by atoms with E-state index in [1.54, 1.807) is 0 Å². The highest BCUT2D eigenvalue weighted by Gasteiger charge is 2.45. The Labute approximate surface area is 301 Å². The first kappa shape index (κ1) is 44.4. The Kier molecular flexibility index (Phi) is 22.0. The van der Waals surface area contributed by atoms with Gasteiger partial charge in [0.15, 0.2) is 18.1 Å². The van der Waals surface area contributed by atoms with E-state index >= 15 is 0 Å². The number of aliphatic imine (C=N–C) groups is 2. The zero-order valence-electron chi connectivity index (χ0n) is 30.4. The molecule has 1 aromatic rings. The van der Waals surface area contributed by atoms with Crippen molar-refractivity contribution in [2.45, 2.75) is 121 Å². The molecule has 1 unspecified atom stereocenters. The van der Waals surface area contributed by atoms with Gasteiger partial charge in [-0.25, -0.2) is 4.79 Å². The second kappa shape index (κ2) is 25.2. The number of unbranched alkanes of at least 4 members (excludes halogenated alkanes) is 11. The minimum absolute atomic E-state index is 0.00696. The Morgan fingerprint density at radius 1 is 0.843 bits per heavy atom. The van der Waals surface area contributed by atoms with Crippen molar-refractivity contribution in [2.75, 3.05) is 52.1 Å². The number of guanidine groups is 2. The van der Waals surface area contributed by atoms with Crippen molar-refractivity contribution in [3.05, 3.63) is 33.1 Å². The van der Waals surface area contributed by atoms with E-state index in [9.17, 15) is 24.4 Å². The molecule has 1 saturated heterocycles. The zero-order chi connectivity index (χ0) is 37.5. The maximum absolute atomic E-state index is 14.2. The Morgan fingerprint density at radius 3 is 1.92 bits per heavy atom. The zero-order valence-corrected chi connectivity index (χ0v) is 31.3. The number of rotatable bonds is 29. The van der Waals surface area contributed by atoms with Gasteiger partial charge < -0.3 is 51.8 Å². The molecule has 0 aromatic carbocycles. The minimum atomic E-state index is -3.74. The molecule has 0 saturated carbocycles. The molecule has 1 aromatic heterocycles. The summed E-state index contributed by atoms with van der Waals surface area (Å²) in [5.41, 5.74) is 20.4. The third kappa shape index (κ3) is 18.5. The Bertz CT molecular complexity index is 1300. The van der Waals surface area contributed by atoms with E-state index in [2.05, 4.69) is 26.8 Å². The topological polar surface area (TPSA) is 272 Å². The van der Waals surface area contributed by atoms with E-state index < -0.39 is 43.4 Å². The number of aromatic amines is 1. The smallest absolute Gasteiger partial charge is 0.332 e. The number of H-pyrrole nitrogens is 1. The molecule has 1 aliphatic rings. The number of aliphatic hydroxyl groups is 2. The predicted molar refractivity (Wildman–Crippen MR) is 200 cm³/mol. The van der Waals surface area contributed by atoms with Gasteiger partial charge in [-0.1, -0.05) is 77.6 Å². The molecule has 1 fully saturated rings. The van der Waals surface area contributed by atoms with Crippen LogP contribution in [0.15, 0.2) is 31.8 Å². The molecule has 0 spiro atoms. The molecule has 11 N–H and O–H groups in total. The van der Waals surface area contributed by atoms with Crippen LogP contribution in [0, 0.1) is 0 Å². The summed E-state index contributed by atoms with van der Waals surface area (Å²) in [6.45, 7) is 4.50. The maximum Gasteiger partial charge on any atom is 0.332 e. The van der Waals surface area contributed by atoms with E-state index in [-0.39, 0.29) is 31.3 Å². The van der Waals surface area contributed by atoms with Gasteiger partial charge in [-0.15, -0.1) is 0 Å². The molecule has 0 aliphatic carbocycles. The average Bonchev–Trinajstić information content (AvgIpc) is 3.36. The fourth-order valence-electron chi connectivity index (χ4n) is 5.83. The fourth-order valence-corrected chi connectivity index (χ4v) is 7.47. The Balaban J connectivity index is 1.99. The van der Waals surface area contributed by atoms with Gasteiger partial charge >= 0.3 is 13.3 Å². The molecule has 0 bridgehead atoms. The van der Waals surface area contributed by atoms with Crippen LogP contribution >= 0.6 is 7.60 Å². The summed E-state index contributed by atoms with van der Waals surface area (Å²) in [7, 11) is -3.74. The first-order valence-corrected chi connectivity index (χ1v) is 20.2. The molecule has 294 valence electrons. The van der Waals surface area contributed by atoms with Gasteiger partial charge in [0.05, 0.1) is 19.4 Å². The van der Waals surface area contributed by atoms with Crippen LogP contribution in [-0.4, -0.2) is 107 Å². The second-order valence-electron chi connectivity index (χ2n) is 13.1. The monoisotopic (exact) mass is 745 g/mol. The number of ether oxygens (including phenoxy) is 1. The number of nitrogens with zero attached hydrogens (tertiary/aromatic N) is 4. The van der Waals surface area contributed by atoms with Crippen LogP contribution in [0.5, 0.6) is 0 Å². The van der Waals surface area contributed by atoms with Gasteiger partial charge in [-0.3, -0.25) is 28.9 Å². The summed E-state index contributed by atoms with van der Waals surface area (Å²) >= 11 is 0. The third-order valence-electron chi connectivity index (χ3n) is 8.73. The van der Waals surface area contributed by atoms with E-state index in [1.807, 2.05) is 0 Å². The Morgan fingerprint density at radius 2 is 1.39 bits per heavy atom. The molecule has 51 heavy (non-hydrogen) atoms. The van der Waals surface area contributed by atoms with E-state index in [1.165, 1.54) is 57.6 Å². The van der Waals surface area contributed by atoms with Gasteiger partial charge in [0, 0.05) is 31.9 Å². The van der Waals surface area contributed by atoms with Crippen LogP contribution in [0.3, 0.4) is 0 Å². The van der Waals surface area contributed by atoms with Crippen LogP contribution in [0.4, 0.5) is 0 Å². The molecule has 17 nitrogen and oxygen atoms in total. The van der Waals surface area contributed by atoms with Gasteiger partial charge in [0.1, 0.15) is 18.3 Å². The first-order chi connectivity index (χ1) is 24.5. The number of aromatic nitrogens is 2. The molecule has 2 rings (SSSR count). The highest BCUT2D eigenvalue weighted by molar-refractivity contribution is 7.53. The molecule has 1 aliphatic heterocycles. The summed E-state index contributed by atoms with van der Waals surface area (Å²) in [5.74, 6) is 0.0139. The highest BCUT2D eigenvalue weighted by atomic mass is 31.2. The van der Waals surface area contributed by atoms with Crippen molar-refractivity contribution >= 4 is 19.5 Å². The van der Waals surface area contributed by atoms with Crippen molar-refractivity contribution in [2.24, 2.45) is 32.9 Å². The summed E-state index contributed by atoms with van der Waals surface area (Å²) < 4.78 is 32.8. The van der Waals surface area contributed by atoms with Crippen molar-refractivity contribution < 1.29 is 28.6 Å².